The van der Waals surface area contributed by atoms with Crippen molar-refractivity contribution < 1.29 is 23.5 Å². The number of furan rings is 1. The standard InChI is InChI=1S/C16H12N2O5S2/c19-13(18-15(21)12-2-1-4-22-12)7-23-14(20)6-11-9-25-16(17-11)10-3-5-24-8-10/h1-5,8-9H,6-7H2,(H,18,19,21). The van der Waals surface area contributed by atoms with Crippen LogP contribution in [-0.4, -0.2) is 29.4 Å². The molecule has 3 aromatic heterocycles. The van der Waals surface area contributed by atoms with Gasteiger partial charge in [0.2, 0.25) is 0 Å². The Labute approximate surface area is 150 Å². The van der Waals surface area contributed by atoms with Crippen molar-refractivity contribution >= 4 is 40.5 Å². The number of carbonyl (C=O) groups is 3. The maximum Gasteiger partial charge on any atom is 0.312 e. The monoisotopic (exact) mass is 376 g/mol. The Hall–Kier alpha value is -2.78. The number of thiazole rings is 1. The molecule has 0 radical (unpaired) electrons. The van der Waals surface area contributed by atoms with Crippen molar-refractivity contribution in [3.63, 3.8) is 0 Å². The molecule has 0 atom stereocenters. The molecule has 0 aromatic carbocycles. The number of imide groups is 1. The second-order valence-corrected chi connectivity index (χ2v) is 6.49. The first kappa shape index (κ1) is 17.1. The van der Waals surface area contributed by atoms with E-state index in [1.165, 1.54) is 29.7 Å². The highest BCUT2D eigenvalue weighted by atomic mass is 32.1. The topological polar surface area (TPSA) is 98.5 Å². The van der Waals surface area contributed by atoms with E-state index in [1.54, 1.807) is 16.7 Å². The summed E-state index contributed by atoms with van der Waals surface area (Å²) >= 11 is 3.00. The van der Waals surface area contributed by atoms with E-state index in [0.29, 0.717) is 5.69 Å². The van der Waals surface area contributed by atoms with Gasteiger partial charge < -0.3 is 9.15 Å². The number of hydrogen-bond donors (Lipinski definition) is 1. The van der Waals surface area contributed by atoms with Crippen LogP contribution >= 0.6 is 22.7 Å². The third-order valence-electron chi connectivity index (χ3n) is 3.01. The van der Waals surface area contributed by atoms with Crippen LogP contribution in [0.4, 0.5) is 0 Å². The molecular weight excluding hydrogens is 364 g/mol. The first-order chi connectivity index (χ1) is 12.1. The second-order valence-electron chi connectivity index (χ2n) is 4.85. The minimum absolute atomic E-state index is 0.00288. The van der Waals surface area contributed by atoms with Crippen LogP contribution in [0.1, 0.15) is 16.2 Å². The summed E-state index contributed by atoms with van der Waals surface area (Å²) in [6.07, 6.45) is 1.28. The number of carbonyl (C=O) groups excluding carboxylic acids is 3. The van der Waals surface area contributed by atoms with E-state index in [4.69, 9.17) is 9.15 Å². The van der Waals surface area contributed by atoms with E-state index < -0.39 is 24.4 Å². The van der Waals surface area contributed by atoms with Gasteiger partial charge in [0.15, 0.2) is 12.4 Å². The third kappa shape index (κ3) is 4.61. The molecule has 0 fully saturated rings. The molecule has 9 heteroatoms. The van der Waals surface area contributed by atoms with E-state index in [2.05, 4.69) is 10.3 Å². The van der Waals surface area contributed by atoms with Crippen LogP contribution in [0.15, 0.2) is 45.0 Å². The lowest BCUT2D eigenvalue weighted by Gasteiger charge is -2.04. The zero-order chi connectivity index (χ0) is 17.6. The number of aromatic nitrogens is 1. The Morgan fingerprint density at radius 1 is 1.24 bits per heavy atom. The lowest BCUT2D eigenvalue weighted by Crippen LogP contribution is -2.34. The fourth-order valence-corrected chi connectivity index (χ4v) is 3.42. The quantitative estimate of drug-likeness (QED) is 0.664. The Balaban J connectivity index is 1.45. The molecule has 2 amide bonds. The number of nitrogens with one attached hydrogen (secondary N) is 1. The van der Waals surface area contributed by atoms with Crippen molar-refractivity contribution in [1.29, 1.82) is 0 Å². The molecule has 0 spiro atoms. The van der Waals surface area contributed by atoms with Gasteiger partial charge in [-0.15, -0.1) is 11.3 Å². The van der Waals surface area contributed by atoms with E-state index in [9.17, 15) is 14.4 Å². The number of thiophene rings is 1. The van der Waals surface area contributed by atoms with Gasteiger partial charge in [-0.2, -0.15) is 11.3 Å². The number of amides is 2. The predicted molar refractivity (Wildman–Crippen MR) is 91.3 cm³/mol. The first-order valence-electron chi connectivity index (χ1n) is 7.12. The van der Waals surface area contributed by atoms with Crippen LogP contribution in [0.2, 0.25) is 0 Å². The summed E-state index contributed by atoms with van der Waals surface area (Å²) in [7, 11) is 0. The van der Waals surface area contributed by atoms with Crippen molar-refractivity contribution in [2.24, 2.45) is 0 Å². The van der Waals surface area contributed by atoms with Gasteiger partial charge in [0.1, 0.15) is 5.01 Å². The Bertz CT molecular complexity index is 868. The lowest BCUT2D eigenvalue weighted by molar-refractivity contribution is -0.147. The average molecular weight is 376 g/mol. The molecular formula is C16H12N2O5S2. The fourth-order valence-electron chi connectivity index (χ4n) is 1.88. The number of hydrogen-bond acceptors (Lipinski definition) is 8. The third-order valence-corrected chi connectivity index (χ3v) is 4.63. The number of ether oxygens (including phenoxy) is 1. The summed E-state index contributed by atoms with van der Waals surface area (Å²) in [5.41, 5.74) is 1.58. The summed E-state index contributed by atoms with van der Waals surface area (Å²) in [6, 6.07) is 4.89. The van der Waals surface area contributed by atoms with Crippen LogP contribution in [0.5, 0.6) is 0 Å². The van der Waals surface area contributed by atoms with Crippen molar-refractivity contribution in [2.45, 2.75) is 6.42 Å². The number of rotatable bonds is 6. The van der Waals surface area contributed by atoms with E-state index >= 15 is 0 Å². The van der Waals surface area contributed by atoms with Crippen LogP contribution < -0.4 is 5.32 Å². The summed E-state index contributed by atoms with van der Waals surface area (Å²) in [4.78, 5) is 39.3. The average Bonchev–Trinajstić information content (AvgIpc) is 3.32. The van der Waals surface area contributed by atoms with Crippen molar-refractivity contribution in [1.82, 2.24) is 10.3 Å². The van der Waals surface area contributed by atoms with Gasteiger partial charge in [0.25, 0.3) is 11.8 Å². The molecule has 3 aromatic rings. The highest BCUT2D eigenvalue weighted by Gasteiger charge is 2.15. The van der Waals surface area contributed by atoms with Gasteiger partial charge in [-0.3, -0.25) is 19.7 Å². The maximum absolute atomic E-state index is 11.8. The normalized spacial score (nSPS) is 10.4. The molecule has 0 saturated heterocycles. The molecule has 0 unspecified atom stereocenters. The van der Waals surface area contributed by atoms with E-state index in [-0.39, 0.29) is 12.2 Å². The Kier molecular flexibility index (Phi) is 5.36. The summed E-state index contributed by atoms with van der Waals surface area (Å²) in [5.74, 6) is -2.01. The van der Waals surface area contributed by atoms with E-state index in [1.807, 2.05) is 16.8 Å². The minimum atomic E-state index is -0.730. The molecule has 0 aliphatic carbocycles. The zero-order valence-corrected chi connectivity index (χ0v) is 14.4. The van der Waals surface area contributed by atoms with Gasteiger partial charge in [-0.25, -0.2) is 4.98 Å². The predicted octanol–water partition coefficient (Wildman–Crippen LogP) is 2.51. The Morgan fingerprint density at radius 3 is 2.84 bits per heavy atom. The van der Waals surface area contributed by atoms with Crippen LogP contribution in [0.3, 0.4) is 0 Å². The zero-order valence-electron chi connectivity index (χ0n) is 12.8. The second kappa shape index (κ2) is 7.86. The maximum atomic E-state index is 11.8. The fraction of sp³-hybridized carbons (Fsp3) is 0.125. The van der Waals surface area contributed by atoms with Gasteiger partial charge in [0, 0.05) is 16.3 Å². The number of esters is 1. The molecule has 0 bridgehead atoms. The van der Waals surface area contributed by atoms with Gasteiger partial charge in [-0.1, -0.05) is 0 Å². The van der Waals surface area contributed by atoms with Gasteiger partial charge >= 0.3 is 5.97 Å². The van der Waals surface area contributed by atoms with Crippen LogP contribution in [-0.2, 0) is 20.7 Å². The minimum Gasteiger partial charge on any atom is -0.459 e. The van der Waals surface area contributed by atoms with Crippen molar-refractivity contribution in [2.75, 3.05) is 6.61 Å². The summed E-state index contributed by atoms with van der Waals surface area (Å²) < 4.78 is 9.71. The molecule has 0 aliphatic rings. The van der Waals surface area contributed by atoms with Crippen molar-refractivity contribution in [3.8, 4) is 10.6 Å². The summed E-state index contributed by atoms with van der Waals surface area (Å²) in [6.45, 7) is -0.549. The van der Waals surface area contributed by atoms with Gasteiger partial charge in [-0.05, 0) is 23.6 Å². The van der Waals surface area contributed by atoms with E-state index in [0.717, 1.165) is 10.6 Å². The largest absolute Gasteiger partial charge is 0.459 e. The molecule has 0 saturated carbocycles. The molecule has 0 aliphatic heterocycles. The molecule has 7 nitrogen and oxygen atoms in total. The highest BCUT2D eigenvalue weighted by molar-refractivity contribution is 7.14. The number of nitrogens with zero attached hydrogens (tertiary/aromatic N) is 1. The molecule has 25 heavy (non-hydrogen) atoms. The van der Waals surface area contributed by atoms with Crippen LogP contribution in [0.25, 0.3) is 10.6 Å². The Morgan fingerprint density at radius 2 is 2.12 bits per heavy atom. The lowest BCUT2D eigenvalue weighted by atomic mass is 10.3. The molecule has 1 N–H and O–H groups in total. The summed E-state index contributed by atoms with van der Waals surface area (Å²) in [5, 5.41) is 8.59. The SMILES string of the molecule is O=C(COC(=O)Cc1csc(-c2ccsc2)n1)NC(=O)c1ccco1. The first-order valence-corrected chi connectivity index (χ1v) is 8.94. The highest BCUT2D eigenvalue weighted by Crippen LogP contribution is 2.25. The smallest absolute Gasteiger partial charge is 0.312 e. The van der Waals surface area contributed by atoms with Crippen molar-refractivity contribution in [3.05, 3.63) is 52.1 Å². The molecule has 128 valence electrons. The molecule has 3 rings (SSSR count). The molecule has 3 heterocycles. The van der Waals surface area contributed by atoms with Gasteiger partial charge in [0.05, 0.1) is 18.4 Å². The van der Waals surface area contributed by atoms with Crippen LogP contribution in [0, 0.1) is 0 Å².